The zero-order valence-electron chi connectivity index (χ0n) is 10.00. The molecular weight excluding hydrogens is 186 g/mol. The molecule has 0 bridgehead atoms. The first kappa shape index (κ1) is 12.5. The van der Waals surface area contributed by atoms with Crippen LogP contribution in [0.2, 0.25) is 0 Å². The second kappa shape index (κ2) is 6.81. The summed E-state index contributed by atoms with van der Waals surface area (Å²) in [5.41, 5.74) is 0. The zero-order valence-corrected chi connectivity index (χ0v) is 10.00. The highest BCUT2D eigenvalue weighted by Crippen LogP contribution is 2.20. The van der Waals surface area contributed by atoms with Crippen molar-refractivity contribution in [2.45, 2.75) is 51.1 Å². The second-order valence-corrected chi connectivity index (χ2v) is 4.40. The molecule has 1 heterocycles. The zero-order chi connectivity index (χ0) is 11.1. The fourth-order valence-electron chi connectivity index (χ4n) is 2.39. The van der Waals surface area contributed by atoms with E-state index in [1.54, 1.807) is 0 Å². The van der Waals surface area contributed by atoms with Crippen LogP contribution in [0.3, 0.4) is 0 Å². The smallest absolute Gasteiger partial charge is 0.108 e. The summed E-state index contributed by atoms with van der Waals surface area (Å²) in [6.45, 7) is 4.30. The largest absolute Gasteiger partial charge is 0.304 e. The number of nitrogens with one attached hydrogen (secondary N) is 1. The summed E-state index contributed by atoms with van der Waals surface area (Å²) >= 11 is 0. The molecule has 0 aromatic rings. The number of likely N-dealkylation sites (N-methyl/N-ethyl adjacent to an activating group) is 1. The van der Waals surface area contributed by atoms with Gasteiger partial charge >= 0.3 is 0 Å². The van der Waals surface area contributed by atoms with Crippen molar-refractivity contribution < 1.29 is 0 Å². The molecule has 1 N–H and O–H groups in total. The number of hydrogen-bond acceptors (Lipinski definition) is 3. The Morgan fingerprint density at radius 3 is 2.93 bits per heavy atom. The maximum atomic E-state index is 8.93. The number of nitrogens with zero attached hydrogens (tertiary/aromatic N) is 2. The highest BCUT2D eigenvalue weighted by Gasteiger charge is 2.23. The molecule has 1 fully saturated rings. The van der Waals surface area contributed by atoms with Gasteiger partial charge in [-0.1, -0.05) is 19.8 Å². The van der Waals surface area contributed by atoms with Crippen LogP contribution in [0.5, 0.6) is 0 Å². The standard InChI is InChI=1S/C12H23N3/c1-3-6-12-7-4-5-8-15(12)10-11(9-13)14-2/h11-12,14H,3-8,10H2,1-2H3. The summed E-state index contributed by atoms with van der Waals surface area (Å²) in [7, 11) is 1.87. The maximum absolute atomic E-state index is 8.93. The lowest BCUT2D eigenvalue weighted by atomic mass is 9.98. The fraction of sp³-hybridized carbons (Fsp3) is 0.917. The van der Waals surface area contributed by atoms with Crippen LogP contribution >= 0.6 is 0 Å². The van der Waals surface area contributed by atoms with Crippen LogP contribution < -0.4 is 5.32 Å². The lowest BCUT2D eigenvalue weighted by molar-refractivity contribution is 0.133. The third-order valence-electron chi connectivity index (χ3n) is 3.29. The van der Waals surface area contributed by atoms with E-state index in [4.69, 9.17) is 5.26 Å². The SMILES string of the molecule is CCCC1CCCCN1CC(C#N)NC. The Hall–Kier alpha value is -0.590. The topological polar surface area (TPSA) is 39.1 Å². The second-order valence-electron chi connectivity index (χ2n) is 4.40. The first-order chi connectivity index (χ1) is 7.31. The van der Waals surface area contributed by atoms with Crippen molar-refractivity contribution in [3.63, 3.8) is 0 Å². The molecule has 0 radical (unpaired) electrons. The van der Waals surface area contributed by atoms with Gasteiger partial charge in [-0.25, -0.2) is 0 Å². The molecule has 0 aromatic heterocycles. The maximum Gasteiger partial charge on any atom is 0.108 e. The van der Waals surface area contributed by atoms with Crippen LogP contribution in [0.25, 0.3) is 0 Å². The van der Waals surface area contributed by atoms with Crippen molar-refractivity contribution in [2.24, 2.45) is 0 Å². The van der Waals surface area contributed by atoms with Gasteiger partial charge < -0.3 is 5.32 Å². The van der Waals surface area contributed by atoms with E-state index in [-0.39, 0.29) is 6.04 Å². The molecule has 1 aliphatic heterocycles. The average molecular weight is 209 g/mol. The lowest BCUT2D eigenvalue weighted by Crippen LogP contribution is -2.46. The molecule has 0 aromatic carbocycles. The van der Waals surface area contributed by atoms with Crippen molar-refractivity contribution in [3.05, 3.63) is 0 Å². The van der Waals surface area contributed by atoms with E-state index in [1.165, 1.54) is 38.6 Å². The third kappa shape index (κ3) is 3.81. The van der Waals surface area contributed by atoms with Gasteiger partial charge in [0.15, 0.2) is 0 Å². The summed E-state index contributed by atoms with van der Waals surface area (Å²) in [5.74, 6) is 0. The van der Waals surface area contributed by atoms with Crippen LogP contribution in [0.1, 0.15) is 39.0 Å². The number of rotatable bonds is 5. The molecule has 0 amide bonds. The van der Waals surface area contributed by atoms with Crippen molar-refractivity contribution in [3.8, 4) is 6.07 Å². The molecule has 1 saturated heterocycles. The molecule has 3 nitrogen and oxygen atoms in total. The molecule has 3 heteroatoms. The molecule has 2 atom stereocenters. The van der Waals surface area contributed by atoms with E-state index in [2.05, 4.69) is 23.2 Å². The first-order valence-corrected chi connectivity index (χ1v) is 6.12. The van der Waals surface area contributed by atoms with Crippen LogP contribution in [0.4, 0.5) is 0 Å². The Morgan fingerprint density at radius 2 is 2.33 bits per heavy atom. The third-order valence-corrected chi connectivity index (χ3v) is 3.29. The minimum absolute atomic E-state index is 0.0116. The minimum atomic E-state index is -0.0116. The highest BCUT2D eigenvalue weighted by atomic mass is 15.2. The Labute approximate surface area is 93.5 Å². The Kier molecular flexibility index (Phi) is 5.67. The summed E-state index contributed by atoms with van der Waals surface area (Å²) in [4.78, 5) is 2.50. The van der Waals surface area contributed by atoms with Crippen molar-refractivity contribution in [1.82, 2.24) is 10.2 Å². The van der Waals surface area contributed by atoms with Gasteiger partial charge in [-0.2, -0.15) is 5.26 Å². The van der Waals surface area contributed by atoms with Gasteiger partial charge in [-0.15, -0.1) is 0 Å². The van der Waals surface area contributed by atoms with E-state index in [9.17, 15) is 0 Å². The van der Waals surface area contributed by atoms with E-state index in [0.29, 0.717) is 6.04 Å². The Morgan fingerprint density at radius 1 is 1.53 bits per heavy atom. The van der Waals surface area contributed by atoms with Crippen LogP contribution in [-0.2, 0) is 0 Å². The van der Waals surface area contributed by atoms with Gasteiger partial charge in [0.1, 0.15) is 6.04 Å². The predicted octanol–water partition coefficient (Wildman–Crippen LogP) is 1.75. The Bertz CT molecular complexity index is 207. The van der Waals surface area contributed by atoms with Crippen molar-refractivity contribution in [1.29, 1.82) is 5.26 Å². The molecule has 1 rings (SSSR count). The minimum Gasteiger partial charge on any atom is -0.304 e. The quantitative estimate of drug-likeness (QED) is 0.750. The number of likely N-dealkylation sites (tertiary alicyclic amines) is 1. The van der Waals surface area contributed by atoms with E-state index >= 15 is 0 Å². The van der Waals surface area contributed by atoms with Gasteiger partial charge in [0.2, 0.25) is 0 Å². The van der Waals surface area contributed by atoms with Gasteiger partial charge in [-0.3, -0.25) is 4.90 Å². The first-order valence-electron chi connectivity index (χ1n) is 6.12. The van der Waals surface area contributed by atoms with Crippen LogP contribution in [0, 0.1) is 11.3 Å². The van der Waals surface area contributed by atoms with E-state index in [1.807, 2.05) is 7.05 Å². The average Bonchev–Trinajstić information content (AvgIpc) is 2.28. The normalized spacial score (nSPS) is 24.7. The van der Waals surface area contributed by atoms with Crippen molar-refractivity contribution in [2.75, 3.05) is 20.1 Å². The summed E-state index contributed by atoms with van der Waals surface area (Å²) in [6, 6.07) is 3.01. The highest BCUT2D eigenvalue weighted by molar-refractivity contribution is 4.93. The number of nitriles is 1. The molecule has 1 aliphatic rings. The molecule has 0 spiro atoms. The molecule has 2 unspecified atom stereocenters. The van der Waals surface area contributed by atoms with Gasteiger partial charge in [0.05, 0.1) is 6.07 Å². The molecule has 0 aliphatic carbocycles. The van der Waals surface area contributed by atoms with Gasteiger partial charge in [0.25, 0.3) is 0 Å². The lowest BCUT2D eigenvalue weighted by Gasteiger charge is -2.36. The van der Waals surface area contributed by atoms with Gasteiger partial charge in [-0.05, 0) is 32.9 Å². The molecular formula is C12H23N3. The number of hydrogen-bond donors (Lipinski definition) is 1. The van der Waals surface area contributed by atoms with Crippen LogP contribution in [-0.4, -0.2) is 37.1 Å². The molecule has 0 saturated carbocycles. The van der Waals surface area contributed by atoms with Gasteiger partial charge in [0, 0.05) is 12.6 Å². The predicted molar refractivity (Wildman–Crippen MR) is 62.6 cm³/mol. The molecule has 15 heavy (non-hydrogen) atoms. The van der Waals surface area contributed by atoms with Crippen molar-refractivity contribution >= 4 is 0 Å². The summed E-state index contributed by atoms with van der Waals surface area (Å²) in [5, 5.41) is 12.0. The van der Waals surface area contributed by atoms with E-state index in [0.717, 1.165) is 6.54 Å². The van der Waals surface area contributed by atoms with Crippen LogP contribution in [0.15, 0.2) is 0 Å². The number of piperidine rings is 1. The molecule has 86 valence electrons. The summed E-state index contributed by atoms with van der Waals surface area (Å²) in [6.07, 6.45) is 6.50. The Balaban J connectivity index is 2.45. The van der Waals surface area contributed by atoms with E-state index < -0.39 is 0 Å². The monoisotopic (exact) mass is 209 g/mol. The summed E-state index contributed by atoms with van der Waals surface area (Å²) < 4.78 is 0. The fourth-order valence-corrected chi connectivity index (χ4v) is 2.39.